The first kappa shape index (κ1) is 16.9. The summed E-state index contributed by atoms with van der Waals surface area (Å²) < 4.78 is 4.84. The lowest BCUT2D eigenvalue weighted by Gasteiger charge is -2.26. The molecule has 0 aromatic rings. The third kappa shape index (κ3) is 6.00. The van der Waals surface area contributed by atoms with E-state index in [0.717, 1.165) is 6.42 Å². The SMILES string of the molecule is COCC(C)(NC(=O)CC(C)CC(C)C)C(=O)O. The molecule has 2 atom stereocenters. The summed E-state index contributed by atoms with van der Waals surface area (Å²) in [6.45, 7) is 7.59. The Morgan fingerprint density at radius 2 is 1.89 bits per heavy atom. The van der Waals surface area contributed by atoms with E-state index in [0.29, 0.717) is 12.3 Å². The van der Waals surface area contributed by atoms with E-state index in [1.807, 2.05) is 6.92 Å². The number of rotatable bonds is 8. The lowest BCUT2D eigenvalue weighted by atomic mass is 9.95. The number of nitrogens with one attached hydrogen (secondary N) is 1. The summed E-state index contributed by atoms with van der Waals surface area (Å²) in [5.41, 5.74) is -1.36. The molecule has 0 heterocycles. The van der Waals surface area contributed by atoms with Crippen LogP contribution in [0.3, 0.4) is 0 Å². The van der Waals surface area contributed by atoms with Gasteiger partial charge < -0.3 is 15.2 Å². The number of carbonyl (C=O) groups excluding carboxylic acids is 1. The van der Waals surface area contributed by atoms with Crippen LogP contribution in [0.1, 0.15) is 40.5 Å². The van der Waals surface area contributed by atoms with Crippen molar-refractivity contribution < 1.29 is 19.4 Å². The second-order valence-corrected chi connectivity index (χ2v) is 5.56. The number of ether oxygens (including phenoxy) is 1. The van der Waals surface area contributed by atoms with Crippen molar-refractivity contribution in [2.45, 2.75) is 46.1 Å². The van der Waals surface area contributed by atoms with E-state index in [4.69, 9.17) is 9.84 Å². The first-order valence-electron chi connectivity index (χ1n) is 6.24. The van der Waals surface area contributed by atoms with Gasteiger partial charge in [0.1, 0.15) is 0 Å². The summed E-state index contributed by atoms with van der Waals surface area (Å²) in [5, 5.41) is 11.6. The summed E-state index contributed by atoms with van der Waals surface area (Å²) in [6.07, 6.45) is 1.28. The zero-order valence-electron chi connectivity index (χ0n) is 11.9. The van der Waals surface area contributed by atoms with Gasteiger partial charge in [-0.15, -0.1) is 0 Å². The van der Waals surface area contributed by atoms with Crippen LogP contribution in [0.15, 0.2) is 0 Å². The minimum Gasteiger partial charge on any atom is -0.479 e. The average Bonchev–Trinajstić information content (AvgIpc) is 2.14. The molecule has 106 valence electrons. The van der Waals surface area contributed by atoms with Crippen molar-refractivity contribution in [3.63, 3.8) is 0 Å². The number of amides is 1. The molecule has 1 amide bonds. The molecule has 0 aliphatic heterocycles. The van der Waals surface area contributed by atoms with Gasteiger partial charge in [0.15, 0.2) is 5.54 Å². The van der Waals surface area contributed by atoms with Crippen LogP contribution in [-0.2, 0) is 14.3 Å². The van der Waals surface area contributed by atoms with Crippen LogP contribution in [0.4, 0.5) is 0 Å². The van der Waals surface area contributed by atoms with E-state index in [2.05, 4.69) is 19.2 Å². The molecule has 0 bridgehead atoms. The molecular weight excluding hydrogens is 234 g/mol. The number of carbonyl (C=O) groups is 2. The molecule has 0 aliphatic rings. The smallest absolute Gasteiger partial charge is 0.331 e. The maximum absolute atomic E-state index is 11.8. The highest BCUT2D eigenvalue weighted by Gasteiger charge is 2.35. The van der Waals surface area contributed by atoms with Crippen LogP contribution in [0.25, 0.3) is 0 Å². The predicted molar refractivity (Wildman–Crippen MR) is 69.3 cm³/mol. The van der Waals surface area contributed by atoms with E-state index in [1.54, 1.807) is 0 Å². The minimum atomic E-state index is -1.36. The van der Waals surface area contributed by atoms with Gasteiger partial charge in [0.2, 0.25) is 5.91 Å². The molecule has 2 unspecified atom stereocenters. The number of methoxy groups -OCH3 is 1. The Morgan fingerprint density at radius 3 is 2.28 bits per heavy atom. The van der Waals surface area contributed by atoms with Gasteiger partial charge in [-0.05, 0) is 25.2 Å². The summed E-state index contributed by atoms with van der Waals surface area (Å²) >= 11 is 0. The number of aliphatic carboxylic acids is 1. The van der Waals surface area contributed by atoms with Gasteiger partial charge in [0.25, 0.3) is 0 Å². The highest BCUT2D eigenvalue weighted by atomic mass is 16.5. The Kier molecular flexibility index (Phi) is 6.91. The van der Waals surface area contributed by atoms with Crippen molar-refractivity contribution in [3.8, 4) is 0 Å². The fourth-order valence-corrected chi connectivity index (χ4v) is 2.00. The topological polar surface area (TPSA) is 75.6 Å². The zero-order valence-corrected chi connectivity index (χ0v) is 11.9. The fourth-order valence-electron chi connectivity index (χ4n) is 2.00. The van der Waals surface area contributed by atoms with Gasteiger partial charge in [0, 0.05) is 13.5 Å². The molecule has 0 rings (SSSR count). The van der Waals surface area contributed by atoms with Crippen molar-refractivity contribution in [2.75, 3.05) is 13.7 Å². The van der Waals surface area contributed by atoms with Gasteiger partial charge >= 0.3 is 5.97 Å². The Bertz CT molecular complexity index is 291. The van der Waals surface area contributed by atoms with Crippen LogP contribution in [-0.4, -0.2) is 36.2 Å². The maximum Gasteiger partial charge on any atom is 0.331 e. The monoisotopic (exact) mass is 259 g/mol. The van der Waals surface area contributed by atoms with Gasteiger partial charge in [0.05, 0.1) is 6.61 Å². The standard InChI is InChI=1S/C13H25NO4/c1-9(2)6-10(3)7-11(15)14-13(4,8-18-5)12(16)17/h9-10H,6-8H2,1-5H3,(H,14,15)(H,16,17). The molecule has 0 radical (unpaired) electrons. The molecular formula is C13H25NO4. The molecule has 0 saturated carbocycles. The van der Waals surface area contributed by atoms with Crippen LogP contribution < -0.4 is 5.32 Å². The Labute approximate surface area is 109 Å². The normalized spacial score (nSPS) is 16.1. The molecule has 0 fully saturated rings. The second kappa shape index (κ2) is 7.36. The van der Waals surface area contributed by atoms with Gasteiger partial charge in [-0.2, -0.15) is 0 Å². The van der Waals surface area contributed by atoms with E-state index in [1.165, 1.54) is 14.0 Å². The van der Waals surface area contributed by atoms with Crippen molar-refractivity contribution in [3.05, 3.63) is 0 Å². The molecule has 0 aliphatic carbocycles. The summed E-state index contributed by atoms with van der Waals surface area (Å²) in [6, 6.07) is 0. The van der Waals surface area contributed by atoms with Crippen LogP contribution in [0, 0.1) is 11.8 Å². The number of carboxylic acids is 1. The lowest BCUT2D eigenvalue weighted by Crippen LogP contribution is -2.55. The molecule has 0 aromatic heterocycles. The number of hydrogen-bond acceptors (Lipinski definition) is 3. The Balaban J connectivity index is 4.39. The van der Waals surface area contributed by atoms with E-state index in [9.17, 15) is 9.59 Å². The van der Waals surface area contributed by atoms with Crippen LogP contribution in [0.2, 0.25) is 0 Å². The van der Waals surface area contributed by atoms with Crippen LogP contribution in [0.5, 0.6) is 0 Å². The lowest BCUT2D eigenvalue weighted by molar-refractivity contribution is -0.149. The third-order valence-corrected chi connectivity index (χ3v) is 2.73. The minimum absolute atomic E-state index is 0.0490. The predicted octanol–water partition coefficient (Wildman–Crippen LogP) is 1.66. The van der Waals surface area contributed by atoms with Gasteiger partial charge in [-0.25, -0.2) is 4.79 Å². The van der Waals surface area contributed by atoms with Crippen molar-refractivity contribution in [1.29, 1.82) is 0 Å². The largest absolute Gasteiger partial charge is 0.479 e. The van der Waals surface area contributed by atoms with Gasteiger partial charge in [-0.1, -0.05) is 20.8 Å². The van der Waals surface area contributed by atoms with E-state index < -0.39 is 11.5 Å². The average molecular weight is 259 g/mol. The number of carboxylic acid groups (broad SMARTS) is 1. The number of hydrogen-bond donors (Lipinski definition) is 2. The quantitative estimate of drug-likeness (QED) is 0.695. The maximum atomic E-state index is 11.8. The molecule has 0 spiro atoms. The van der Waals surface area contributed by atoms with Crippen LogP contribution >= 0.6 is 0 Å². The molecule has 0 saturated heterocycles. The molecule has 2 N–H and O–H groups in total. The van der Waals surface area contributed by atoms with Crippen molar-refractivity contribution in [2.24, 2.45) is 11.8 Å². The van der Waals surface area contributed by atoms with Crippen molar-refractivity contribution in [1.82, 2.24) is 5.32 Å². The zero-order chi connectivity index (χ0) is 14.3. The summed E-state index contributed by atoms with van der Waals surface area (Å²) in [7, 11) is 1.41. The second-order valence-electron chi connectivity index (χ2n) is 5.56. The summed E-state index contributed by atoms with van der Waals surface area (Å²) in [4.78, 5) is 22.9. The molecule has 0 aromatic carbocycles. The Morgan fingerprint density at radius 1 is 1.33 bits per heavy atom. The highest BCUT2D eigenvalue weighted by Crippen LogP contribution is 2.15. The molecule has 18 heavy (non-hydrogen) atoms. The van der Waals surface area contributed by atoms with Gasteiger partial charge in [-0.3, -0.25) is 4.79 Å². The molecule has 5 heteroatoms. The molecule has 5 nitrogen and oxygen atoms in total. The fraction of sp³-hybridized carbons (Fsp3) is 0.846. The van der Waals surface area contributed by atoms with E-state index >= 15 is 0 Å². The first-order chi connectivity index (χ1) is 8.21. The first-order valence-corrected chi connectivity index (χ1v) is 6.24. The third-order valence-electron chi connectivity index (χ3n) is 2.73. The highest BCUT2D eigenvalue weighted by molar-refractivity contribution is 5.86. The summed E-state index contributed by atoms with van der Waals surface area (Å²) in [5.74, 6) is -0.567. The van der Waals surface area contributed by atoms with E-state index in [-0.39, 0.29) is 18.4 Å². The van der Waals surface area contributed by atoms with Crippen molar-refractivity contribution >= 4 is 11.9 Å². The Hall–Kier alpha value is -1.10.